The lowest BCUT2D eigenvalue weighted by atomic mass is 9.98. The quantitative estimate of drug-likeness (QED) is 0.814. The number of aromatic nitrogens is 2. The predicted octanol–water partition coefficient (Wildman–Crippen LogP) is 4.29. The fourth-order valence-corrected chi connectivity index (χ4v) is 2.30. The van der Waals surface area contributed by atoms with Crippen LogP contribution >= 0.6 is 12.2 Å². The van der Waals surface area contributed by atoms with Gasteiger partial charge in [0.1, 0.15) is 10.5 Å². The zero-order chi connectivity index (χ0) is 13.3. The molecular formula is C15H18N2S. The molecule has 0 atom stereocenters. The Labute approximate surface area is 113 Å². The van der Waals surface area contributed by atoms with Gasteiger partial charge in [-0.1, -0.05) is 25.2 Å². The Morgan fingerprint density at radius 3 is 2.39 bits per heavy atom. The van der Waals surface area contributed by atoms with Crippen LogP contribution in [-0.2, 0) is 6.42 Å². The molecule has 1 aromatic carbocycles. The van der Waals surface area contributed by atoms with Crippen LogP contribution in [0, 0.1) is 25.4 Å². The summed E-state index contributed by atoms with van der Waals surface area (Å²) >= 11 is 5.22. The molecule has 2 aromatic rings. The van der Waals surface area contributed by atoms with Gasteiger partial charge in [-0.15, -0.1) is 0 Å². The van der Waals surface area contributed by atoms with Gasteiger partial charge in [-0.2, -0.15) is 0 Å². The van der Waals surface area contributed by atoms with Crippen LogP contribution in [0.5, 0.6) is 0 Å². The predicted molar refractivity (Wildman–Crippen MR) is 78.4 cm³/mol. The second kappa shape index (κ2) is 5.02. The monoisotopic (exact) mass is 258 g/mol. The van der Waals surface area contributed by atoms with E-state index in [1.807, 2.05) is 6.07 Å². The van der Waals surface area contributed by atoms with Crippen molar-refractivity contribution in [3.05, 3.63) is 45.4 Å². The van der Waals surface area contributed by atoms with Crippen LogP contribution in [0.25, 0.3) is 11.3 Å². The van der Waals surface area contributed by atoms with Crippen molar-refractivity contribution in [2.45, 2.75) is 34.1 Å². The van der Waals surface area contributed by atoms with Crippen LogP contribution in [0.4, 0.5) is 0 Å². The van der Waals surface area contributed by atoms with Gasteiger partial charge in [0.15, 0.2) is 0 Å². The van der Waals surface area contributed by atoms with Crippen molar-refractivity contribution in [2.24, 2.45) is 0 Å². The van der Waals surface area contributed by atoms with E-state index in [4.69, 9.17) is 12.2 Å². The van der Waals surface area contributed by atoms with Gasteiger partial charge in [0, 0.05) is 17.7 Å². The largest absolute Gasteiger partial charge is 0.343 e. The molecule has 0 saturated heterocycles. The molecule has 94 valence electrons. The molecule has 0 fully saturated rings. The van der Waals surface area contributed by atoms with Crippen LogP contribution in [0.3, 0.4) is 0 Å². The minimum Gasteiger partial charge on any atom is -0.343 e. The average Bonchev–Trinajstić information content (AvgIpc) is 2.33. The molecule has 0 bridgehead atoms. The number of H-pyrrole nitrogens is 1. The van der Waals surface area contributed by atoms with Crippen LogP contribution in [-0.4, -0.2) is 9.97 Å². The van der Waals surface area contributed by atoms with Crippen molar-refractivity contribution in [3.8, 4) is 11.3 Å². The Bertz CT molecular complexity index is 641. The zero-order valence-electron chi connectivity index (χ0n) is 11.3. The maximum Gasteiger partial charge on any atom is 0.130 e. The molecule has 0 amide bonds. The molecule has 0 unspecified atom stereocenters. The molecule has 0 spiro atoms. The van der Waals surface area contributed by atoms with Crippen LogP contribution in [0.15, 0.2) is 18.2 Å². The van der Waals surface area contributed by atoms with Crippen molar-refractivity contribution < 1.29 is 0 Å². The number of rotatable bonds is 2. The van der Waals surface area contributed by atoms with E-state index in [1.54, 1.807) is 0 Å². The lowest BCUT2D eigenvalue weighted by Gasteiger charge is -2.11. The van der Waals surface area contributed by atoms with Gasteiger partial charge in [-0.3, -0.25) is 0 Å². The van der Waals surface area contributed by atoms with E-state index in [0.717, 1.165) is 17.9 Å². The number of nitrogens with one attached hydrogen (secondary N) is 1. The SMILES string of the molecule is CCc1nc(=S)cc(-c2cc(C)c(C)cc2C)[nH]1. The molecule has 0 radical (unpaired) electrons. The summed E-state index contributed by atoms with van der Waals surface area (Å²) in [6, 6.07) is 6.36. The first kappa shape index (κ1) is 13.0. The maximum absolute atomic E-state index is 5.22. The highest BCUT2D eigenvalue weighted by Gasteiger charge is 2.06. The van der Waals surface area contributed by atoms with Gasteiger partial charge in [-0.05, 0) is 49.6 Å². The summed E-state index contributed by atoms with van der Waals surface area (Å²) in [5.74, 6) is 0.940. The molecule has 3 heteroatoms. The average molecular weight is 258 g/mol. The summed E-state index contributed by atoms with van der Waals surface area (Å²) in [4.78, 5) is 7.67. The number of hydrogen-bond donors (Lipinski definition) is 1. The first-order chi connectivity index (χ1) is 8.51. The minimum atomic E-state index is 0.651. The Morgan fingerprint density at radius 1 is 1.06 bits per heavy atom. The number of aromatic amines is 1. The van der Waals surface area contributed by atoms with Crippen molar-refractivity contribution in [3.63, 3.8) is 0 Å². The van der Waals surface area contributed by atoms with E-state index in [0.29, 0.717) is 4.64 Å². The smallest absolute Gasteiger partial charge is 0.130 e. The lowest BCUT2D eigenvalue weighted by molar-refractivity contribution is 0.936. The van der Waals surface area contributed by atoms with Crippen molar-refractivity contribution in [1.29, 1.82) is 0 Å². The third kappa shape index (κ3) is 2.51. The number of aryl methyl sites for hydroxylation is 4. The molecule has 0 aliphatic heterocycles. The molecule has 0 saturated carbocycles. The molecule has 0 aliphatic rings. The number of nitrogens with zero attached hydrogens (tertiary/aromatic N) is 1. The normalized spacial score (nSPS) is 10.7. The van der Waals surface area contributed by atoms with Crippen molar-refractivity contribution >= 4 is 12.2 Å². The Hall–Kier alpha value is -1.48. The van der Waals surface area contributed by atoms with E-state index >= 15 is 0 Å². The third-order valence-corrected chi connectivity index (χ3v) is 3.47. The minimum absolute atomic E-state index is 0.651. The maximum atomic E-state index is 5.22. The van der Waals surface area contributed by atoms with Gasteiger partial charge in [0.2, 0.25) is 0 Å². The highest BCUT2D eigenvalue weighted by Crippen LogP contribution is 2.25. The van der Waals surface area contributed by atoms with Gasteiger partial charge in [0.25, 0.3) is 0 Å². The third-order valence-electron chi connectivity index (χ3n) is 3.26. The van der Waals surface area contributed by atoms with E-state index in [1.165, 1.54) is 22.3 Å². The van der Waals surface area contributed by atoms with E-state index in [2.05, 4.69) is 49.8 Å². The highest BCUT2D eigenvalue weighted by atomic mass is 32.1. The van der Waals surface area contributed by atoms with Crippen LogP contribution in [0.1, 0.15) is 29.4 Å². The standard InChI is InChI=1S/C15H18N2S/c1-5-14-16-13(8-15(18)17-14)12-7-10(3)9(2)6-11(12)4/h6-8H,5H2,1-4H3,(H,16,17,18). The lowest BCUT2D eigenvalue weighted by Crippen LogP contribution is -1.97. The molecular weight excluding hydrogens is 240 g/mol. The van der Waals surface area contributed by atoms with Crippen LogP contribution in [0.2, 0.25) is 0 Å². The summed E-state index contributed by atoms with van der Waals surface area (Å²) in [5, 5.41) is 0. The van der Waals surface area contributed by atoms with Crippen LogP contribution < -0.4 is 0 Å². The second-order valence-electron chi connectivity index (χ2n) is 4.68. The van der Waals surface area contributed by atoms with E-state index < -0.39 is 0 Å². The van der Waals surface area contributed by atoms with Gasteiger partial charge < -0.3 is 4.98 Å². The van der Waals surface area contributed by atoms with Gasteiger partial charge in [-0.25, -0.2) is 4.98 Å². The summed E-state index contributed by atoms with van der Waals surface area (Å²) in [6.45, 7) is 8.47. The van der Waals surface area contributed by atoms with E-state index in [9.17, 15) is 0 Å². The molecule has 2 rings (SSSR count). The van der Waals surface area contributed by atoms with E-state index in [-0.39, 0.29) is 0 Å². The summed E-state index contributed by atoms with van der Waals surface area (Å²) < 4.78 is 0.651. The fraction of sp³-hybridized carbons (Fsp3) is 0.333. The summed E-state index contributed by atoms with van der Waals surface area (Å²) in [5.41, 5.74) is 6.15. The topological polar surface area (TPSA) is 28.7 Å². The zero-order valence-corrected chi connectivity index (χ0v) is 12.1. The highest BCUT2D eigenvalue weighted by molar-refractivity contribution is 7.71. The Kier molecular flexibility index (Phi) is 3.62. The Morgan fingerprint density at radius 2 is 1.72 bits per heavy atom. The number of hydrogen-bond acceptors (Lipinski definition) is 2. The molecule has 18 heavy (non-hydrogen) atoms. The molecule has 1 aromatic heterocycles. The number of benzene rings is 1. The molecule has 1 N–H and O–H groups in total. The second-order valence-corrected chi connectivity index (χ2v) is 5.10. The van der Waals surface area contributed by atoms with Gasteiger partial charge in [0.05, 0.1) is 0 Å². The summed E-state index contributed by atoms with van der Waals surface area (Å²) in [6.07, 6.45) is 0.862. The fourth-order valence-electron chi connectivity index (χ4n) is 2.07. The molecule has 2 nitrogen and oxygen atoms in total. The summed E-state index contributed by atoms with van der Waals surface area (Å²) in [7, 11) is 0. The van der Waals surface area contributed by atoms with Crippen molar-refractivity contribution in [1.82, 2.24) is 9.97 Å². The van der Waals surface area contributed by atoms with Crippen molar-refractivity contribution in [2.75, 3.05) is 0 Å². The Balaban J connectivity index is 2.65. The molecule has 1 heterocycles. The molecule has 0 aliphatic carbocycles. The first-order valence-corrected chi connectivity index (χ1v) is 6.60. The first-order valence-electron chi connectivity index (χ1n) is 6.19. The van der Waals surface area contributed by atoms with Gasteiger partial charge >= 0.3 is 0 Å².